The number of nitrogens with one attached hydrogen (secondary N) is 2. The number of nitrogens with zero attached hydrogens (tertiary/aromatic N) is 2. The van der Waals surface area contributed by atoms with Crippen LogP contribution >= 0.6 is 0 Å². The number of nitriles is 1. The lowest BCUT2D eigenvalue weighted by atomic mass is 10.2. The van der Waals surface area contributed by atoms with Crippen LogP contribution in [0.1, 0.15) is 12.5 Å². The molecule has 0 saturated heterocycles. The van der Waals surface area contributed by atoms with E-state index in [0.717, 1.165) is 0 Å². The fourth-order valence-corrected chi connectivity index (χ4v) is 1.63. The van der Waals surface area contributed by atoms with Crippen LogP contribution in [0.2, 0.25) is 0 Å². The minimum Gasteiger partial charge on any atom is -0.355 e. The summed E-state index contributed by atoms with van der Waals surface area (Å²) in [5.74, 6) is -0.317. The largest absolute Gasteiger partial charge is 0.355 e. The van der Waals surface area contributed by atoms with Crippen LogP contribution in [-0.2, 0) is 9.59 Å². The summed E-state index contributed by atoms with van der Waals surface area (Å²) in [7, 11) is 1.70. The molecule has 20 heavy (non-hydrogen) atoms. The Kier molecular flexibility index (Phi) is 6.20. The smallest absolute Gasteiger partial charge is 0.238 e. The third kappa shape index (κ3) is 5.50. The second kappa shape index (κ2) is 7.92. The summed E-state index contributed by atoms with van der Waals surface area (Å²) in [4.78, 5) is 24.7. The van der Waals surface area contributed by atoms with E-state index >= 15 is 0 Å². The maximum Gasteiger partial charge on any atom is 0.238 e. The topological polar surface area (TPSA) is 85.2 Å². The molecule has 0 aliphatic carbocycles. The summed E-state index contributed by atoms with van der Waals surface area (Å²) in [6.45, 7) is 2.71. The van der Waals surface area contributed by atoms with Crippen LogP contribution in [0.3, 0.4) is 0 Å². The van der Waals surface area contributed by atoms with Gasteiger partial charge in [0.1, 0.15) is 0 Å². The van der Waals surface area contributed by atoms with E-state index in [2.05, 4.69) is 10.6 Å². The highest BCUT2D eigenvalue weighted by Crippen LogP contribution is 2.08. The molecule has 1 aromatic carbocycles. The number of anilines is 1. The van der Waals surface area contributed by atoms with Crippen molar-refractivity contribution in [1.29, 1.82) is 5.26 Å². The molecular weight excluding hydrogens is 256 g/mol. The highest BCUT2D eigenvalue weighted by atomic mass is 16.2. The number of amides is 2. The molecule has 0 bridgehead atoms. The first-order chi connectivity index (χ1) is 9.55. The van der Waals surface area contributed by atoms with Gasteiger partial charge in [0.05, 0.1) is 24.7 Å². The molecule has 1 aromatic rings. The second-order valence-electron chi connectivity index (χ2n) is 4.36. The Labute approximate surface area is 118 Å². The zero-order valence-corrected chi connectivity index (χ0v) is 11.6. The molecule has 6 heteroatoms. The number of rotatable bonds is 6. The maximum atomic E-state index is 11.8. The van der Waals surface area contributed by atoms with Crippen molar-refractivity contribution in [2.45, 2.75) is 6.92 Å². The molecule has 1 rings (SSSR count). The van der Waals surface area contributed by atoms with Crippen molar-refractivity contribution in [3.63, 3.8) is 0 Å². The predicted molar refractivity (Wildman–Crippen MR) is 76.0 cm³/mol. The van der Waals surface area contributed by atoms with Crippen molar-refractivity contribution in [3.8, 4) is 6.07 Å². The fraction of sp³-hybridized carbons (Fsp3) is 0.357. The summed E-state index contributed by atoms with van der Waals surface area (Å²) >= 11 is 0. The standard InChI is InChI=1S/C14H18N4O2/c1-3-16-13(19)9-18(2)10-14(20)17-12-6-4-11(8-15)5-7-12/h4-7H,3,9-10H2,1-2H3,(H,16,19)(H,17,20). The number of hydrogen-bond donors (Lipinski definition) is 2. The molecule has 0 aliphatic rings. The monoisotopic (exact) mass is 274 g/mol. The van der Waals surface area contributed by atoms with E-state index in [1.807, 2.05) is 13.0 Å². The van der Waals surface area contributed by atoms with Crippen LogP contribution in [0.15, 0.2) is 24.3 Å². The van der Waals surface area contributed by atoms with Gasteiger partial charge in [0, 0.05) is 12.2 Å². The van der Waals surface area contributed by atoms with Gasteiger partial charge < -0.3 is 10.6 Å². The first-order valence-corrected chi connectivity index (χ1v) is 6.30. The highest BCUT2D eigenvalue weighted by molar-refractivity contribution is 5.92. The Balaban J connectivity index is 2.42. The van der Waals surface area contributed by atoms with Gasteiger partial charge in [-0.15, -0.1) is 0 Å². The average molecular weight is 274 g/mol. The summed E-state index contributed by atoms with van der Waals surface area (Å²) in [6, 6.07) is 8.61. The average Bonchev–Trinajstić information content (AvgIpc) is 2.39. The minimum atomic E-state index is -0.207. The lowest BCUT2D eigenvalue weighted by Crippen LogP contribution is -2.38. The van der Waals surface area contributed by atoms with Gasteiger partial charge in [0.2, 0.25) is 11.8 Å². The molecule has 0 unspecified atom stereocenters. The number of carbonyl (C=O) groups excluding carboxylic acids is 2. The Morgan fingerprint density at radius 1 is 1.20 bits per heavy atom. The number of benzene rings is 1. The van der Waals surface area contributed by atoms with E-state index in [9.17, 15) is 9.59 Å². The summed E-state index contributed by atoms with van der Waals surface area (Å²) in [5.41, 5.74) is 1.16. The first kappa shape index (κ1) is 15.7. The fourth-order valence-electron chi connectivity index (χ4n) is 1.63. The molecule has 0 heterocycles. The second-order valence-corrected chi connectivity index (χ2v) is 4.36. The van der Waals surface area contributed by atoms with Crippen LogP contribution in [0, 0.1) is 11.3 Å². The van der Waals surface area contributed by atoms with Crippen LogP contribution in [0.25, 0.3) is 0 Å². The Morgan fingerprint density at radius 3 is 2.35 bits per heavy atom. The summed E-state index contributed by atoms with van der Waals surface area (Å²) in [6.07, 6.45) is 0. The lowest BCUT2D eigenvalue weighted by molar-refractivity contribution is -0.122. The van der Waals surface area contributed by atoms with Gasteiger partial charge in [0.15, 0.2) is 0 Å². The quantitative estimate of drug-likeness (QED) is 0.794. The SMILES string of the molecule is CCNC(=O)CN(C)CC(=O)Nc1ccc(C#N)cc1. The van der Waals surface area contributed by atoms with Gasteiger partial charge in [-0.05, 0) is 38.2 Å². The predicted octanol–water partition coefficient (Wildman–Crippen LogP) is 0.565. The molecule has 106 valence electrons. The van der Waals surface area contributed by atoms with E-state index < -0.39 is 0 Å². The summed E-state index contributed by atoms with van der Waals surface area (Å²) < 4.78 is 0. The highest BCUT2D eigenvalue weighted by Gasteiger charge is 2.10. The molecular formula is C14H18N4O2. The van der Waals surface area contributed by atoms with Gasteiger partial charge in [-0.1, -0.05) is 0 Å². The molecule has 0 aromatic heterocycles. The van der Waals surface area contributed by atoms with Gasteiger partial charge in [-0.2, -0.15) is 5.26 Å². The minimum absolute atomic E-state index is 0.110. The van der Waals surface area contributed by atoms with E-state index in [0.29, 0.717) is 17.8 Å². The maximum absolute atomic E-state index is 11.8. The van der Waals surface area contributed by atoms with Gasteiger partial charge >= 0.3 is 0 Å². The van der Waals surface area contributed by atoms with Gasteiger partial charge in [0.25, 0.3) is 0 Å². The van der Waals surface area contributed by atoms with Crippen molar-refractivity contribution < 1.29 is 9.59 Å². The molecule has 0 radical (unpaired) electrons. The van der Waals surface area contributed by atoms with Crippen LogP contribution in [0.4, 0.5) is 5.69 Å². The van der Waals surface area contributed by atoms with Crippen LogP contribution in [0.5, 0.6) is 0 Å². The number of carbonyl (C=O) groups is 2. The van der Waals surface area contributed by atoms with Crippen LogP contribution < -0.4 is 10.6 Å². The molecule has 2 N–H and O–H groups in total. The van der Waals surface area contributed by atoms with Crippen LogP contribution in [-0.4, -0.2) is 43.4 Å². The lowest BCUT2D eigenvalue weighted by Gasteiger charge is -2.15. The van der Waals surface area contributed by atoms with E-state index in [1.165, 1.54) is 0 Å². The number of likely N-dealkylation sites (N-methyl/N-ethyl adjacent to an activating group) is 2. The van der Waals surface area contributed by atoms with Gasteiger partial charge in [-0.25, -0.2) is 0 Å². The van der Waals surface area contributed by atoms with E-state index in [4.69, 9.17) is 5.26 Å². The first-order valence-electron chi connectivity index (χ1n) is 6.30. The van der Waals surface area contributed by atoms with E-state index in [-0.39, 0.29) is 24.9 Å². The molecule has 0 saturated carbocycles. The molecule has 0 fully saturated rings. The van der Waals surface area contributed by atoms with Crippen molar-refractivity contribution in [3.05, 3.63) is 29.8 Å². The molecule has 0 spiro atoms. The third-order valence-corrected chi connectivity index (χ3v) is 2.50. The normalized spacial score (nSPS) is 9.90. The molecule has 0 aliphatic heterocycles. The third-order valence-electron chi connectivity index (χ3n) is 2.50. The van der Waals surface area contributed by atoms with Crippen molar-refractivity contribution in [2.75, 3.05) is 32.0 Å². The Morgan fingerprint density at radius 2 is 1.80 bits per heavy atom. The number of hydrogen-bond acceptors (Lipinski definition) is 4. The van der Waals surface area contributed by atoms with Crippen molar-refractivity contribution in [1.82, 2.24) is 10.2 Å². The van der Waals surface area contributed by atoms with Crippen molar-refractivity contribution in [2.24, 2.45) is 0 Å². The van der Waals surface area contributed by atoms with Crippen molar-refractivity contribution >= 4 is 17.5 Å². The molecule has 0 atom stereocenters. The summed E-state index contributed by atoms with van der Waals surface area (Å²) in [5, 5.41) is 14.1. The Bertz CT molecular complexity index is 505. The van der Waals surface area contributed by atoms with Gasteiger partial charge in [-0.3, -0.25) is 14.5 Å². The zero-order chi connectivity index (χ0) is 15.0. The molecule has 2 amide bonds. The Hall–Kier alpha value is -2.39. The molecule has 6 nitrogen and oxygen atoms in total. The van der Waals surface area contributed by atoms with E-state index in [1.54, 1.807) is 36.2 Å². The zero-order valence-electron chi connectivity index (χ0n) is 11.6.